The molecule has 0 aliphatic heterocycles. The van der Waals surface area contributed by atoms with E-state index in [1.807, 2.05) is 18.2 Å². The van der Waals surface area contributed by atoms with Crippen molar-refractivity contribution in [2.24, 2.45) is 7.05 Å². The van der Waals surface area contributed by atoms with Gasteiger partial charge in [-0.15, -0.1) is 0 Å². The van der Waals surface area contributed by atoms with Gasteiger partial charge >= 0.3 is 5.69 Å². The smallest absolute Gasteiger partial charge is 0.286 e. The minimum absolute atomic E-state index is 0.135. The lowest BCUT2D eigenvalue weighted by molar-refractivity contribution is 0.619. The highest BCUT2D eigenvalue weighted by atomic mass is 19.1. The van der Waals surface area contributed by atoms with Gasteiger partial charge in [-0.05, 0) is 47.9 Å². The zero-order chi connectivity index (χ0) is 18.3. The Labute approximate surface area is 149 Å². The number of aromatic nitrogens is 4. The number of halogens is 1. The minimum Gasteiger partial charge on any atom is -0.286 e. The van der Waals surface area contributed by atoms with Crippen LogP contribution >= 0.6 is 0 Å². The van der Waals surface area contributed by atoms with Gasteiger partial charge in [-0.2, -0.15) is 0 Å². The van der Waals surface area contributed by atoms with E-state index in [-0.39, 0.29) is 11.5 Å². The number of pyridine rings is 2. The molecule has 0 saturated heterocycles. The maximum atomic E-state index is 13.6. The van der Waals surface area contributed by atoms with Gasteiger partial charge in [-0.1, -0.05) is 12.1 Å². The summed E-state index contributed by atoms with van der Waals surface area (Å²) in [4.78, 5) is 21.2. The highest BCUT2D eigenvalue weighted by Gasteiger charge is 2.14. The van der Waals surface area contributed by atoms with Crippen molar-refractivity contribution in [3.8, 4) is 11.1 Å². The molecule has 0 aliphatic carbocycles. The summed E-state index contributed by atoms with van der Waals surface area (Å²) < 4.78 is 16.8. The van der Waals surface area contributed by atoms with E-state index in [1.165, 1.54) is 10.6 Å². The molecule has 0 unspecified atom stereocenters. The molecule has 6 heteroatoms. The average Bonchev–Trinajstić information content (AvgIpc) is 2.89. The first-order chi connectivity index (χ1) is 12.5. The zero-order valence-corrected chi connectivity index (χ0v) is 14.5. The van der Waals surface area contributed by atoms with Crippen molar-refractivity contribution in [1.29, 1.82) is 0 Å². The largest absolute Gasteiger partial charge is 0.330 e. The molecule has 0 saturated carbocycles. The Balaban J connectivity index is 1.88. The number of benzene rings is 1. The predicted octanol–water partition coefficient (Wildman–Crippen LogP) is 3.29. The Morgan fingerprint density at radius 3 is 2.69 bits per heavy atom. The second kappa shape index (κ2) is 6.22. The van der Waals surface area contributed by atoms with Crippen LogP contribution in [0.15, 0.2) is 59.8 Å². The van der Waals surface area contributed by atoms with Crippen LogP contribution in [0.1, 0.15) is 11.1 Å². The van der Waals surface area contributed by atoms with Gasteiger partial charge in [0, 0.05) is 31.2 Å². The maximum absolute atomic E-state index is 13.6. The summed E-state index contributed by atoms with van der Waals surface area (Å²) in [7, 11) is 1.71. The molecule has 0 aliphatic rings. The normalized spacial score (nSPS) is 11.2. The van der Waals surface area contributed by atoms with Crippen LogP contribution in [-0.2, 0) is 13.6 Å². The molecule has 0 atom stereocenters. The Bertz CT molecular complexity index is 1160. The van der Waals surface area contributed by atoms with Crippen LogP contribution in [0, 0.1) is 12.7 Å². The van der Waals surface area contributed by atoms with E-state index in [0.717, 1.165) is 22.2 Å². The third kappa shape index (κ3) is 2.69. The lowest BCUT2D eigenvalue weighted by Gasteiger charge is -2.06. The minimum atomic E-state index is -0.240. The van der Waals surface area contributed by atoms with Crippen molar-refractivity contribution in [3.05, 3.63) is 82.4 Å². The lowest BCUT2D eigenvalue weighted by Crippen LogP contribution is -2.22. The Morgan fingerprint density at radius 1 is 1.12 bits per heavy atom. The number of aryl methyl sites for hydroxylation is 2. The van der Waals surface area contributed by atoms with Crippen LogP contribution < -0.4 is 5.69 Å². The molecule has 5 nitrogen and oxygen atoms in total. The van der Waals surface area contributed by atoms with Crippen molar-refractivity contribution in [2.45, 2.75) is 13.5 Å². The van der Waals surface area contributed by atoms with Crippen molar-refractivity contribution in [1.82, 2.24) is 19.1 Å². The molecular formula is C20H17FN4O. The molecular weight excluding hydrogens is 331 g/mol. The molecule has 1 aromatic carbocycles. The van der Waals surface area contributed by atoms with Crippen molar-refractivity contribution >= 4 is 11.2 Å². The van der Waals surface area contributed by atoms with E-state index in [0.29, 0.717) is 17.8 Å². The quantitative estimate of drug-likeness (QED) is 0.571. The first kappa shape index (κ1) is 16.2. The van der Waals surface area contributed by atoms with E-state index < -0.39 is 0 Å². The lowest BCUT2D eigenvalue weighted by atomic mass is 10.0. The SMILES string of the molecule is Cc1cc(-c2cnc3c(c2)n(Cc2cccnc2)c(=O)n3C)ccc1F. The number of rotatable bonds is 3. The molecule has 0 N–H and O–H groups in total. The molecule has 0 radical (unpaired) electrons. The van der Waals surface area contributed by atoms with Crippen LogP contribution in [0.2, 0.25) is 0 Å². The summed E-state index contributed by atoms with van der Waals surface area (Å²) in [6.07, 6.45) is 5.15. The fourth-order valence-electron chi connectivity index (χ4n) is 3.09. The summed E-state index contributed by atoms with van der Waals surface area (Å²) in [5.41, 5.74) is 4.42. The molecule has 130 valence electrons. The van der Waals surface area contributed by atoms with Crippen LogP contribution in [0.4, 0.5) is 4.39 Å². The highest BCUT2D eigenvalue weighted by Crippen LogP contribution is 2.24. The molecule has 26 heavy (non-hydrogen) atoms. The average molecular weight is 348 g/mol. The van der Waals surface area contributed by atoms with Gasteiger partial charge in [0.15, 0.2) is 5.65 Å². The standard InChI is InChI=1S/C20H17FN4O/c1-13-8-15(5-6-17(13)21)16-9-18-19(23-11-16)24(2)20(26)25(18)12-14-4-3-7-22-10-14/h3-11H,12H2,1-2H3. The maximum Gasteiger partial charge on any atom is 0.330 e. The van der Waals surface area contributed by atoms with Crippen molar-refractivity contribution in [2.75, 3.05) is 0 Å². The molecule has 4 rings (SSSR count). The van der Waals surface area contributed by atoms with E-state index >= 15 is 0 Å². The third-order valence-electron chi connectivity index (χ3n) is 4.53. The van der Waals surface area contributed by atoms with Gasteiger partial charge in [-0.3, -0.25) is 14.1 Å². The Morgan fingerprint density at radius 2 is 1.96 bits per heavy atom. The molecule has 0 spiro atoms. The van der Waals surface area contributed by atoms with Gasteiger partial charge in [0.05, 0.1) is 12.1 Å². The molecule has 0 fully saturated rings. The topological polar surface area (TPSA) is 52.7 Å². The van der Waals surface area contributed by atoms with Crippen molar-refractivity contribution in [3.63, 3.8) is 0 Å². The van der Waals surface area contributed by atoms with Crippen LogP contribution in [-0.4, -0.2) is 19.1 Å². The number of fused-ring (bicyclic) bond motifs is 1. The number of hydrogen-bond acceptors (Lipinski definition) is 3. The van der Waals surface area contributed by atoms with Crippen LogP contribution in [0.3, 0.4) is 0 Å². The van der Waals surface area contributed by atoms with Crippen LogP contribution in [0.5, 0.6) is 0 Å². The zero-order valence-electron chi connectivity index (χ0n) is 14.5. The van der Waals surface area contributed by atoms with Crippen molar-refractivity contribution < 1.29 is 4.39 Å². The van der Waals surface area contributed by atoms with E-state index in [4.69, 9.17) is 0 Å². The molecule has 3 aromatic heterocycles. The highest BCUT2D eigenvalue weighted by molar-refractivity contribution is 5.79. The summed E-state index contributed by atoms with van der Waals surface area (Å²) in [5, 5.41) is 0. The van der Waals surface area contributed by atoms with Gasteiger partial charge in [0.25, 0.3) is 0 Å². The monoisotopic (exact) mass is 348 g/mol. The van der Waals surface area contributed by atoms with E-state index in [9.17, 15) is 9.18 Å². The Hall–Kier alpha value is -3.28. The Kier molecular flexibility index (Phi) is 3.88. The molecule has 3 heterocycles. The van der Waals surface area contributed by atoms with Gasteiger partial charge in [-0.25, -0.2) is 14.2 Å². The first-order valence-corrected chi connectivity index (χ1v) is 8.25. The van der Waals surface area contributed by atoms with E-state index in [2.05, 4.69) is 9.97 Å². The molecule has 4 aromatic rings. The third-order valence-corrected chi connectivity index (χ3v) is 4.53. The number of imidazole rings is 1. The first-order valence-electron chi connectivity index (χ1n) is 8.25. The number of hydrogen-bond donors (Lipinski definition) is 0. The molecule has 0 bridgehead atoms. The summed E-state index contributed by atoms with van der Waals surface area (Å²) >= 11 is 0. The van der Waals surface area contributed by atoms with Crippen LogP contribution in [0.25, 0.3) is 22.3 Å². The van der Waals surface area contributed by atoms with Gasteiger partial charge < -0.3 is 0 Å². The van der Waals surface area contributed by atoms with E-state index in [1.54, 1.807) is 49.3 Å². The summed E-state index contributed by atoms with van der Waals surface area (Å²) in [6, 6.07) is 10.6. The second-order valence-electron chi connectivity index (χ2n) is 6.32. The number of nitrogens with zero attached hydrogens (tertiary/aromatic N) is 4. The van der Waals surface area contributed by atoms with Gasteiger partial charge in [0.1, 0.15) is 5.82 Å². The van der Waals surface area contributed by atoms with Gasteiger partial charge in [0.2, 0.25) is 0 Å². The molecule has 0 amide bonds. The predicted molar refractivity (Wildman–Crippen MR) is 98.4 cm³/mol. The fraction of sp³-hybridized carbons (Fsp3) is 0.150. The summed E-state index contributed by atoms with van der Waals surface area (Å²) in [6.45, 7) is 2.14. The summed E-state index contributed by atoms with van der Waals surface area (Å²) in [5.74, 6) is -0.240. The second-order valence-corrected chi connectivity index (χ2v) is 6.32. The fourth-order valence-corrected chi connectivity index (χ4v) is 3.09.